The van der Waals surface area contributed by atoms with E-state index in [1.54, 1.807) is 0 Å². The summed E-state index contributed by atoms with van der Waals surface area (Å²) in [6.45, 7) is 4.69. The van der Waals surface area contributed by atoms with Crippen molar-refractivity contribution < 1.29 is 4.42 Å². The lowest BCUT2D eigenvalue weighted by atomic mass is 9.81. The van der Waals surface area contributed by atoms with Crippen LogP contribution < -0.4 is 0 Å². The lowest BCUT2D eigenvalue weighted by molar-refractivity contribution is 0.660. The van der Waals surface area contributed by atoms with Crippen LogP contribution in [0.25, 0.3) is 94.5 Å². The maximum Gasteiger partial charge on any atom is 0.162 e. The minimum atomic E-state index is -0.121. The number of rotatable bonds is 4. The van der Waals surface area contributed by atoms with E-state index in [2.05, 4.69) is 152 Å². The summed E-state index contributed by atoms with van der Waals surface area (Å²) in [6.07, 6.45) is 0. The van der Waals surface area contributed by atoms with Crippen molar-refractivity contribution >= 4 is 43.7 Å². The molecule has 1 aliphatic rings. The first-order valence-electron chi connectivity index (χ1n) is 18.2. The Bertz CT molecular complexity index is 3020. The highest BCUT2D eigenvalue weighted by Gasteiger charge is 2.35. The minimum absolute atomic E-state index is 0.121. The highest BCUT2D eigenvalue weighted by atomic mass is 16.3. The topological polar surface area (TPSA) is 43.9 Å². The first-order chi connectivity index (χ1) is 26.0. The number of hydrogen-bond donors (Lipinski definition) is 0. The molecule has 53 heavy (non-hydrogen) atoms. The third kappa shape index (κ3) is 4.36. The Labute approximate surface area is 306 Å². The lowest BCUT2D eigenvalue weighted by Gasteiger charge is -2.22. The number of para-hydroxylation sites is 2. The molecule has 11 rings (SSSR count). The third-order valence-corrected chi connectivity index (χ3v) is 11.2. The van der Waals surface area contributed by atoms with Gasteiger partial charge in [-0.1, -0.05) is 147 Å². The van der Waals surface area contributed by atoms with Gasteiger partial charge in [-0.25, -0.2) is 9.97 Å². The summed E-state index contributed by atoms with van der Waals surface area (Å²) in [7, 11) is 0. The number of furan rings is 1. The molecule has 0 amide bonds. The van der Waals surface area contributed by atoms with Crippen molar-refractivity contribution in [3.63, 3.8) is 0 Å². The van der Waals surface area contributed by atoms with Gasteiger partial charge in [-0.15, -0.1) is 0 Å². The second kappa shape index (κ2) is 11.1. The van der Waals surface area contributed by atoms with Crippen molar-refractivity contribution in [1.29, 1.82) is 0 Å². The van der Waals surface area contributed by atoms with E-state index in [1.165, 1.54) is 33.4 Å². The molecule has 3 aromatic heterocycles. The summed E-state index contributed by atoms with van der Waals surface area (Å²) in [4.78, 5) is 10.5. The second-order valence-electron chi connectivity index (χ2n) is 14.6. The minimum Gasteiger partial charge on any atom is -0.454 e. The number of fused-ring (bicyclic) bond motifs is 10. The summed E-state index contributed by atoms with van der Waals surface area (Å²) in [5.74, 6) is 1.46. The first kappa shape index (κ1) is 29.9. The van der Waals surface area contributed by atoms with Crippen LogP contribution in [-0.2, 0) is 5.41 Å². The molecule has 0 fully saturated rings. The summed E-state index contributed by atoms with van der Waals surface area (Å²) in [5.41, 5.74) is 14.2. The van der Waals surface area contributed by atoms with Gasteiger partial charge in [-0.05, 0) is 57.6 Å². The van der Waals surface area contributed by atoms with Crippen LogP contribution in [0.1, 0.15) is 25.0 Å². The molecule has 10 aromatic rings. The normalized spacial score (nSPS) is 13.2. The molecule has 3 heterocycles. The van der Waals surface area contributed by atoms with E-state index >= 15 is 0 Å². The van der Waals surface area contributed by atoms with E-state index < -0.39 is 0 Å². The predicted octanol–water partition coefficient (Wildman–Crippen LogP) is 12.8. The van der Waals surface area contributed by atoms with Crippen molar-refractivity contribution in [2.45, 2.75) is 19.3 Å². The van der Waals surface area contributed by atoms with Crippen LogP contribution in [-0.4, -0.2) is 14.5 Å². The highest BCUT2D eigenvalue weighted by molar-refractivity contribution is 6.26. The maximum atomic E-state index is 6.86. The molecule has 4 nitrogen and oxygen atoms in total. The van der Waals surface area contributed by atoms with Gasteiger partial charge in [0.15, 0.2) is 11.4 Å². The van der Waals surface area contributed by atoms with Gasteiger partial charge in [0.05, 0.1) is 16.7 Å². The molecular formula is C49H33N3O. The number of nitrogens with zero attached hydrogens (tertiary/aromatic N) is 3. The Kier molecular flexibility index (Phi) is 6.27. The average molecular weight is 680 g/mol. The van der Waals surface area contributed by atoms with E-state index in [4.69, 9.17) is 14.4 Å². The maximum absolute atomic E-state index is 6.86. The zero-order valence-electron chi connectivity index (χ0n) is 29.3. The fourth-order valence-corrected chi connectivity index (χ4v) is 8.69. The second-order valence-corrected chi connectivity index (χ2v) is 14.6. The predicted molar refractivity (Wildman–Crippen MR) is 218 cm³/mol. The van der Waals surface area contributed by atoms with Gasteiger partial charge in [-0.3, -0.25) is 4.57 Å². The smallest absolute Gasteiger partial charge is 0.162 e. The third-order valence-electron chi connectivity index (χ3n) is 11.2. The molecule has 0 spiro atoms. The molecule has 0 saturated heterocycles. The van der Waals surface area contributed by atoms with Crippen LogP contribution in [0.3, 0.4) is 0 Å². The molecule has 0 radical (unpaired) electrons. The Morgan fingerprint density at radius 3 is 2.02 bits per heavy atom. The fraction of sp³-hybridized carbons (Fsp3) is 0.0612. The molecule has 250 valence electrons. The Balaban J connectivity index is 1.27. The van der Waals surface area contributed by atoms with Crippen molar-refractivity contribution in [2.24, 2.45) is 0 Å². The summed E-state index contributed by atoms with van der Waals surface area (Å²) in [6, 6.07) is 58.0. The highest BCUT2D eigenvalue weighted by Crippen LogP contribution is 2.51. The number of benzene rings is 7. The van der Waals surface area contributed by atoms with Crippen LogP contribution in [0.15, 0.2) is 168 Å². The standard InChI is InChI=1S/C49H33N3O/c1-49(2)39-22-12-9-19-33(39)34-26-25-32(27-40(34)49)37-28-38-35-20-11-14-24-43(35)53-47(38)46-45(37)36-21-10-13-23-42(36)52(46)44-29-41(30-15-5-3-6-16-30)50-48(51-44)31-17-7-4-8-18-31/h3-29H,1-2H3. The molecule has 0 atom stereocenters. The number of hydrogen-bond acceptors (Lipinski definition) is 3. The van der Waals surface area contributed by atoms with Gasteiger partial charge < -0.3 is 4.42 Å². The molecule has 4 heteroatoms. The molecule has 0 unspecified atom stereocenters. The van der Waals surface area contributed by atoms with Crippen LogP contribution in [0.2, 0.25) is 0 Å². The van der Waals surface area contributed by atoms with Crippen molar-refractivity contribution in [1.82, 2.24) is 14.5 Å². The molecule has 1 aliphatic carbocycles. The summed E-state index contributed by atoms with van der Waals surface area (Å²) in [5, 5.41) is 4.45. The first-order valence-corrected chi connectivity index (χ1v) is 18.2. The van der Waals surface area contributed by atoms with Gasteiger partial charge in [-0.2, -0.15) is 0 Å². The van der Waals surface area contributed by atoms with Crippen LogP contribution in [0.4, 0.5) is 0 Å². The van der Waals surface area contributed by atoms with Crippen LogP contribution in [0.5, 0.6) is 0 Å². The molecule has 7 aromatic carbocycles. The zero-order chi connectivity index (χ0) is 35.3. The quantitative estimate of drug-likeness (QED) is 0.186. The van der Waals surface area contributed by atoms with Crippen LogP contribution in [0, 0.1) is 0 Å². The molecule has 0 aliphatic heterocycles. The van der Waals surface area contributed by atoms with E-state index in [9.17, 15) is 0 Å². The van der Waals surface area contributed by atoms with E-state index in [-0.39, 0.29) is 5.41 Å². The monoisotopic (exact) mass is 679 g/mol. The Morgan fingerprint density at radius 1 is 0.509 bits per heavy atom. The van der Waals surface area contributed by atoms with Crippen molar-refractivity contribution in [3.05, 3.63) is 175 Å². The van der Waals surface area contributed by atoms with Gasteiger partial charge in [0, 0.05) is 44.2 Å². The van der Waals surface area contributed by atoms with E-state index in [1.807, 2.05) is 30.3 Å². The summed E-state index contributed by atoms with van der Waals surface area (Å²) < 4.78 is 9.16. The largest absolute Gasteiger partial charge is 0.454 e. The van der Waals surface area contributed by atoms with Crippen molar-refractivity contribution in [3.8, 4) is 50.7 Å². The van der Waals surface area contributed by atoms with Gasteiger partial charge >= 0.3 is 0 Å². The average Bonchev–Trinajstić information content (AvgIpc) is 3.84. The Hall–Kier alpha value is -6.78. The zero-order valence-corrected chi connectivity index (χ0v) is 29.3. The van der Waals surface area contributed by atoms with Gasteiger partial charge in [0.2, 0.25) is 0 Å². The Morgan fingerprint density at radius 2 is 1.19 bits per heavy atom. The molecule has 0 saturated carbocycles. The van der Waals surface area contributed by atoms with E-state index in [0.717, 1.165) is 66.4 Å². The van der Waals surface area contributed by atoms with E-state index in [0.29, 0.717) is 5.82 Å². The van der Waals surface area contributed by atoms with Crippen LogP contribution >= 0.6 is 0 Å². The van der Waals surface area contributed by atoms with Gasteiger partial charge in [0.25, 0.3) is 0 Å². The fourth-order valence-electron chi connectivity index (χ4n) is 8.69. The molecule has 0 N–H and O–H groups in total. The number of aromatic nitrogens is 3. The summed E-state index contributed by atoms with van der Waals surface area (Å²) >= 11 is 0. The molecule has 0 bridgehead atoms. The lowest BCUT2D eigenvalue weighted by Crippen LogP contribution is -2.14. The molecular weight excluding hydrogens is 647 g/mol. The van der Waals surface area contributed by atoms with Crippen molar-refractivity contribution in [2.75, 3.05) is 0 Å². The SMILES string of the molecule is CC1(C)c2ccccc2-c2ccc(-c3cc4c5ccccc5oc4c4c3c3ccccc3n4-c3cc(-c4ccccc4)nc(-c4ccccc4)n3)cc21. The van der Waals surface area contributed by atoms with Gasteiger partial charge in [0.1, 0.15) is 11.4 Å².